The molecule has 1 aliphatic carbocycles. The van der Waals surface area contributed by atoms with Crippen LogP contribution in [0.15, 0.2) is 60.7 Å². The number of nitrogens with one attached hydrogen (secondary N) is 2. The highest BCUT2D eigenvalue weighted by Gasteiger charge is 2.51. The second-order valence-electron chi connectivity index (χ2n) is 13.7. The van der Waals surface area contributed by atoms with Gasteiger partial charge >= 0.3 is 5.97 Å². The fourth-order valence-corrected chi connectivity index (χ4v) is 6.20. The number of allylic oxidation sites excluding steroid dienone is 2. The lowest BCUT2D eigenvalue weighted by molar-refractivity contribution is -0.173. The molecule has 0 radical (unpaired) electrons. The predicted molar refractivity (Wildman–Crippen MR) is 172 cm³/mol. The molecule has 1 saturated heterocycles. The van der Waals surface area contributed by atoms with Gasteiger partial charge in [0.05, 0.1) is 11.3 Å². The highest BCUT2D eigenvalue weighted by Crippen LogP contribution is 2.45. The largest absolute Gasteiger partial charge is 0.460 e. The molecule has 2 aromatic rings. The molecule has 0 saturated carbocycles. The first-order valence-electron chi connectivity index (χ1n) is 15.8. The highest BCUT2D eigenvalue weighted by atomic mass is 16.6. The van der Waals surface area contributed by atoms with Crippen molar-refractivity contribution in [2.75, 3.05) is 11.9 Å². The standard InChI is InChI=1S/C36H49N3O4/c1-25(2)22-29(36(19-10-11-20-36)34(42)43-35(4,5)6)32(40)38-31-18-9-12-21-39(33(31)41)24-27-15-13-16-28(23-27)37-30-17-8-7-14-26(30)3/h7-8,10-11,13-17,23,25,29,31,37H,9,12,18-22,24H2,1-6H3,(H,38,40)/t29?,31-/m0/s1. The molecule has 2 aromatic carbocycles. The molecule has 0 aromatic heterocycles. The number of aryl methyl sites for hydroxylation is 1. The zero-order valence-corrected chi connectivity index (χ0v) is 26.7. The van der Waals surface area contributed by atoms with E-state index in [1.807, 2.05) is 68.2 Å². The number of hydrogen-bond acceptors (Lipinski definition) is 5. The topological polar surface area (TPSA) is 87.7 Å². The zero-order chi connectivity index (χ0) is 31.2. The summed E-state index contributed by atoms with van der Waals surface area (Å²) in [6, 6.07) is 15.7. The molecule has 232 valence electrons. The second-order valence-corrected chi connectivity index (χ2v) is 13.7. The lowest BCUT2D eigenvalue weighted by atomic mass is 9.69. The fraction of sp³-hybridized carbons (Fsp3) is 0.528. The average molecular weight is 588 g/mol. The Hall–Kier alpha value is -3.61. The van der Waals surface area contributed by atoms with Crippen LogP contribution in [0.1, 0.15) is 84.3 Å². The summed E-state index contributed by atoms with van der Waals surface area (Å²) in [5.41, 5.74) is 2.58. The molecule has 1 heterocycles. The van der Waals surface area contributed by atoms with E-state index in [0.29, 0.717) is 38.8 Å². The van der Waals surface area contributed by atoms with Gasteiger partial charge in [0, 0.05) is 24.5 Å². The minimum absolute atomic E-state index is 0.0673. The summed E-state index contributed by atoms with van der Waals surface area (Å²) >= 11 is 0. The fourth-order valence-electron chi connectivity index (χ4n) is 6.20. The third-order valence-corrected chi connectivity index (χ3v) is 8.45. The molecule has 4 rings (SSSR count). The van der Waals surface area contributed by atoms with Gasteiger partial charge in [-0.25, -0.2) is 0 Å². The van der Waals surface area contributed by atoms with Crippen LogP contribution in [0.4, 0.5) is 11.4 Å². The Bertz CT molecular complexity index is 1320. The molecule has 7 heteroatoms. The highest BCUT2D eigenvalue weighted by molar-refractivity contribution is 5.92. The number of para-hydroxylation sites is 1. The lowest BCUT2D eigenvalue weighted by Gasteiger charge is -2.38. The van der Waals surface area contributed by atoms with Crippen LogP contribution in [0.2, 0.25) is 0 Å². The Kier molecular flexibility index (Phi) is 10.4. The summed E-state index contributed by atoms with van der Waals surface area (Å²) in [7, 11) is 0. The van der Waals surface area contributed by atoms with Gasteiger partial charge in [-0.2, -0.15) is 0 Å². The van der Waals surface area contributed by atoms with Crippen LogP contribution >= 0.6 is 0 Å². The minimum Gasteiger partial charge on any atom is -0.460 e. The first-order valence-corrected chi connectivity index (χ1v) is 15.8. The quantitative estimate of drug-likeness (QED) is 0.229. The van der Waals surface area contributed by atoms with E-state index in [4.69, 9.17) is 4.74 Å². The number of nitrogens with zero attached hydrogens (tertiary/aromatic N) is 1. The summed E-state index contributed by atoms with van der Waals surface area (Å²) in [5, 5.41) is 6.61. The van der Waals surface area contributed by atoms with Crippen LogP contribution < -0.4 is 10.6 Å². The third kappa shape index (κ3) is 8.27. The van der Waals surface area contributed by atoms with Crippen molar-refractivity contribution < 1.29 is 19.1 Å². The summed E-state index contributed by atoms with van der Waals surface area (Å²) in [6.45, 7) is 12.9. The second kappa shape index (κ2) is 13.8. The molecule has 2 atom stereocenters. The molecule has 1 fully saturated rings. The van der Waals surface area contributed by atoms with Crippen molar-refractivity contribution in [1.82, 2.24) is 10.2 Å². The van der Waals surface area contributed by atoms with Crippen molar-refractivity contribution in [2.45, 2.75) is 98.3 Å². The van der Waals surface area contributed by atoms with Crippen molar-refractivity contribution in [3.63, 3.8) is 0 Å². The number of benzene rings is 2. The maximum atomic E-state index is 14.1. The first kappa shape index (κ1) is 32.3. The van der Waals surface area contributed by atoms with E-state index in [9.17, 15) is 14.4 Å². The first-order chi connectivity index (χ1) is 20.4. The predicted octanol–water partition coefficient (Wildman–Crippen LogP) is 7.08. The summed E-state index contributed by atoms with van der Waals surface area (Å²) < 4.78 is 5.87. The number of anilines is 2. The van der Waals surface area contributed by atoms with E-state index >= 15 is 0 Å². The van der Waals surface area contributed by atoms with Crippen molar-refractivity contribution in [3.8, 4) is 0 Å². The van der Waals surface area contributed by atoms with Crippen LogP contribution in [0.25, 0.3) is 0 Å². The Morgan fingerprint density at radius 1 is 1.05 bits per heavy atom. The number of ether oxygens (including phenoxy) is 1. The molecule has 2 N–H and O–H groups in total. The van der Waals surface area contributed by atoms with Crippen LogP contribution in [0.5, 0.6) is 0 Å². The number of amides is 2. The van der Waals surface area contributed by atoms with E-state index in [0.717, 1.165) is 35.3 Å². The van der Waals surface area contributed by atoms with Crippen LogP contribution in [0.3, 0.4) is 0 Å². The molecule has 2 aliphatic rings. The van der Waals surface area contributed by atoms with E-state index in [1.165, 1.54) is 0 Å². The Morgan fingerprint density at radius 2 is 1.77 bits per heavy atom. The van der Waals surface area contributed by atoms with Gasteiger partial charge < -0.3 is 20.3 Å². The van der Waals surface area contributed by atoms with Gasteiger partial charge in [-0.3, -0.25) is 14.4 Å². The number of carbonyl (C=O) groups is 3. The Labute approximate surface area is 257 Å². The van der Waals surface area contributed by atoms with E-state index in [1.54, 1.807) is 0 Å². The van der Waals surface area contributed by atoms with Gasteiger partial charge in [-0.15, -0.1) is 0 Å². The molecule has 1 aliphatic heterocycles. The Balaban J connectivity index is 1.50. The van der Waals surface area contributed by atoms with Crippen molar-refractivity contribution in [1.29, 1.82) is 0 Å². The molecular formula is C36H49N3O4. The van der Waals surface area contributed by atoms with Gasteiger partial charge in [0.25, 0.3) is 0 Å². The number of likely N-dealkylation sites (tertiary alicyclic amines) is 1. The Morgan fingerprint density at radius 3 is 2.44 bits per heavy atom. The summed E-state index contributed by atoms with van der Waals surface area (Å²) in [5.74, 6) is -1.03. The molecule has 2 amide bonds. The monoisotopic (exact) mass is 587 g/mol. The number of rotatable bonds is 10. The van der Waals surface area contributed by atoms with Crippen LogP contribution in [-0.4, -0.2) is 40.9 Å². The van der Waals surface area contributed by atoms with Gasteiger partial charge in [0.15, 0.2) is 0 Å². The van der Waals surface area contributed by atoms with Crippen molar-refractivity contribution >= 4 is 29.2 Å². The summed E-state index contributed by atoms with van der Waals surface area (Å²) in [6.07, 6.45) is 7.72. The lowest BCUT2D eigenvalue weighted by Crippen LogP contribution is -2.53. The van der Waals surface area contributed by atoms with Crippen LogP contribution in [0, 0.1) is 24.2 Å². The van der Waals surface area contributed by atoms with Gasteiger partial charge in [-0.05, 0) is 101 Å². The molecular weight excluding hydrogens is 538 g/mol. The van der Waals surface area contributed by atoms with Crippen molar-refractivity contribution in [3.05, 3.63) is 71.8 Å². The average Bonchev–Trinajstić information content (AvgIpc) is 3.37. The third-order valence-electron chi connectivity index (χ3n) is 8.45. The maximum absolute atomic E-state index is 14.1. The molecule has 0 spiro atoms. The minimum atomic E-state index is -0.959. The summed E-state index contributed by atoms with van der Waals surface area (Å²) in [4.78, 5) is 43.4. The van der Waals surface area contributed by atoms with E-state index in [-0.39, 0.29) is 23.7 Å². The zero-order valence-electron chi connectivity index (χ0n) is 26.7. The maximum Gasteiger partial charge on any atom is 0.314 e. The number of carbonyl (C=O) groups excluding carboxylic acids is 3. The van der Waals surface area contributed by atoms with Crippen molar-refractivity contribution in [2.24, 2.45) is 17.3 Å². The SMILES string of the molecule is Cc1ccccc1Nc1cccc(CN2CCCC[C@H](NC(=O)C(CC(C)C)C3(C(=O)OC(C)(C)C)CC=CC3)C2=O)c1. The van der Waals surface area contributed by atoms with Gasteiger partial charge in [0.1, 0.15) is 11.6 Å². The molecule has 43 heavy (non-hydrogen) atoms. The van der Waals surface area contributed by atoms with Gasteiger partial charge in [0.2, 0.25) is 11.8 Å². The number of hydrogen-bond donors (Lipinski definition) is 2. The van der Waals surface area contributed by atoms with Crippen LogP contribution in [-0.2, 0) is 25.7 Å². The van der Waals surface area contributed by atoms with E-state index in [2.05, 4.69) is 49.6 Å². The molecule has 7 nitrogen and oxygen atoms in total. The smallest absolute Gasteiger partial charge is 0.314 e. The van der Waals surface area contributed by atoms with E-state index < -0.39 is 23.0 Å². The number of esters is 1. The normalized spacial score (nSPS) is 19.2. The van der Waals surface area contributed by atoms with Gasteiger partial charge in [-0.1, -0.05) is 56.3 Å². The molecule has 1 unspecified atom stereocenters. The molecule has 0 bridgehead atoms.